The molecule has 0 spiro atoms. The van der Waals surface area contributed by atoms with Crippen molar-refractivity contribution in [2.45, 2.75) is 77.1 Å². The zero-order chi connectivity index (χ0) is 37.8. The predicted octanol–water partition coefficient (Wildman–Crippen LogP) is 4.46. The maximum atomic E-state index is 13.8. The van der Waals surface area contributed by atoms with E-state index in [1.165, 1.54) is 19.2 Å². The first-order chi connectivity index (χ1) is 24.7. The molecule has 13 nitrogen and oxygen atoms in total. The molecule has 3 atom stereocenters. The molecule has 0 aliphatic heterocycles. The summed E-state index contributed by atoms with van der Waals surface area (Å²) in [5.41, 5.74) is 4.40. The van der Waals surface area contributed by atoms with E-state index in [1.807, 2.05) is 58.9 Å². The summed E-state index contributed by atoms with van der Waals surface area (Å²) >= 11 is 0. The van der Waals surface area contributed by atoms with Crippen molar-refractivity contribution < 1.29 is 36.7 Å². The number of rotatable bonds is 19. The van der Waals surface area contributed by atoms with Crippen molar-refractivity contribution >= 4 is 27.6 Å². The normalized spacial score (nSPS) is 13.4. The van der Waals surface area contributed by atoms with Gasteiger partial charge in [0, 0.05) is 12.7 Å². The van der Waals surface area contributed by atoms with Crippen molar-refractivity contribution in [2.75, 3.05) is 20.3 Å². The highest BCUT2D eigenvalue weighted by Gasteiger charge is 2.33. The molecule has 1 heterocycles. The van der Waals surface area contributed by atoms with E-state index in [0.29, 0.717) is 12.0 Å². The van der Waals surface area contributed by atoms with Crippen molar-refractivity contribution in [3.05, 3.63) is 101 Å². The van der Waals surface area contributed by atoms with Gasteiger partial charge in [0.1, 0.15) is 12.1 Å². The summed E-state index contributed by atoms with van der Waals surface area (Å²) in [7, 11) is -2.83. The van der Waals surface area contributed by atoms with E-state index in [2.05, 4.69) is 25.6 Å². The fourth-order valence-electron chi connectivity index (χ4n) is 5.42. The van der Waals surface area contributed by atoms with Gasteiger partial charge >= 0.3 is 0 Å². The number of nitrogens with zero attached hydrogens (tertiary/aromatic N) is 2. The van der Waals surface area contributed by atoms with E-state index in [9.17, 15) is 22.8 Å². The second-order valence-electron chi connectivity index (χ2n) is 13.2. The first kappa shape index (κ1) is 40.0. The quantitative estimate of drug-likeness (QED) is 0.117. The number of carbonyl (C=O) groups is 3. The van der Waals surface area contributed by atoms with E-state index in [0.717, 1.165) is 22.3 Å². The molecule has 2 amide bonds. The Morgan fingerprint density at radius 3 is 2.04 bits per heavy atom. The molecule has 3 unspecified atom stereocenters. The predicted molar refractivity (Wildman–Crippen MR) is 195 cm³/mol. The van der Waals surface area contributed by atoms with Gasteiger partial charge in [0.25, 0.3) is 5.89 Å². The van der Waals surface area contributed by atoms with Crippen LogP contribution in [0.4, 0.5) is 0 Å². The van der Waals surface area contributed by atoms with E-state index in [1.54, 1.807) is 36.4 Å². The lowest BCUT2D eigenvalue weighted by atomic mass is 10.00. The number of aromatic nitrogens is 2. The molecule has 4 rings (SSSR count). The van der Waals surface area contributed by atoms with Crippen LogP contribution in [-0.2, 0) is 35.7 Å². The van der Waals surface area contributed by atoms with Crippen molar-refractivity contribution in [2.24, 2.45) is 5.92 Å². The number of ketones is 1. The zero-order valence-corrected chi connectivity index (χ0v) is 31.2. The van der Waals surface area contributed by atoms with Crippen LogP contribution >= 0.6 is 0 Å². The van der Waals surface area contributed by atoms with Crippen molar-refractivity contribution in [1.82, 2.24) is 25.6 Å². The summed E-state index contributed by atoms with van der Waals surface area (Å²) in [6.07, 6.45) is 0.836. The minimum atomic E-state index is -4.18. The number of Topliss-reactive ketones (excluding diaryl/α,β-unsaturated/α-hetero) is 1. The van der Waals surface area contributed by atoms with Crippen molar-refractivity contribution in [3.63, 3.8) is 0 Å². The summed E-state index contributed by atoms with van der Waals surface area (Å²) < 4.78 is 46.0. The van der Waals surface area contributed by atoms with E-state index < -0.39 is 45.7 Å². The van der Waals surface area contributed by atoms with Crippen molar-refractivity contribution in [3.8, 4) is 11.5 Å². The van der Waals surface area contributed by atoms with Crippen molar-refractivity contribution in [1.29, 1.82) is 0 Å². The van der Waals surface area contributed by atoms with Crippen LogP contribution in [0.2, 0.25) is 0 Å². The van der Waals surface area contributed by atoms with E-state index in [-0.39, 0.29) is 48.8 Å². The van der Waals surface area contributed by atoms with E-state index in [4.69, 9.17) is 13.9 Å². The molecule has 14 heteroatoms. The number of aryl methyl sites for hydroxylation is 3. The highest BCUT2D eigenvalue weighted by atomic mass is 32.2. The number of sulfonamides is 1. The van der Waals surface area contributed by atoms with Crippen LogP contribution in [0.1, 0.15) is 59.6 Å². The van der Waals surface area contributed by atoms with Crippen LogP contribution in [0.15, 0.2) is 82.1 Å². The molecule has 3 aromatic carbocycles. The van der Waals surface area contributed by atoms with Crippen LogP contribution in [0.5, 0.6) is 0 Å². The summed E-state index contributed by atoms with van der Waals surface area (Å²) in [5, 5.41) is 13.3. The average molecular weight is 734 g/mol. The second kappa shape index (κ2) is 18.6. The van der Waals surface area contributed by atoms with Gasteiger partial charge in [-0.2, -0.15) is 4.72 Å². The Kier molecular flexibility index (Phi) is 14.4. The van der Waals surface area contributed by atoms with Gasteiger partial charge in [0.15, 0.2) is 0 Å². The van der Waals surface area contributed by atoms with Gasteiger partial charge in [-0.25, -0.2) is 8.42 Å². The summed E-state index contributed by atoms with van der Waals surface area (Å²) in [6, 6.07) is 17.2. The fourth-order valence-corrected chi connectivity index (χ4v) is 6.60. The number of nitrogens with one attached hydrogen (secondary N) is 3. The number of methoxy groups -OCH3 is 1. The molecule has 0 saturated carbocycles. The molecule has 0 aliphatic carbocycles. The molecular formula is C38H47N5O8S. The number of hydrogen-bond acceptors (Lipinski definition) is 10. The molecule has 4 aromatic rings. The van der Waals surface area contributed by atoms with Gasteiger partial charge in [-0.1, -0.05) is 79.1 Å². The number of hydrogen-bond donors (Lipinski definition) is 3. The third kappa shape index (κ3) is 11.6. The Morgan fingerprint density at radius 1 is 0.769 bits per heavy atom. The van der Waals surface area contributed by atoms with E-state index >= 15 is 0 Å². The van der Waals surface area contributed by atoms with Gasteiger partial charge in [0.05, 0.1) is 30.8 Å². The Bertz CT molecular complexity index is 1890. The monoisotopic (exact) mass is 733 g/mol. The zero-order valence-electron chi connectivity index (χ0n) is 30.3. The smallest absolute Gasteiger partial charge is 0.286 e. The number of amides is 2. The Labute approximate surface area is 304 Å². The van der Waals surface area contributed by atoms with Crippen LogP contribution in [0.25, 0.3) is 11.5 Å². The standard InChI is InChI=1S/C38H47N5O8S/c1-24(2)12-17-31(34(44)38-42-41-37(51-38)29-10-8-7-9-11-29)39-35(45)32(22-49-6)40-36(46)33(23-50-21-28-19-26(4)18-27(5)20-28)43-52(47,48)30-15-13-25(3)14-16-30/h7-11,13-16,18-20,24,31-33,43H,12,17,21-23H2,1-6H3,(H,39,45)(H,40,46). The van der Waals surface area contributed by atoms with Crippen LogP contribution in [0.3, 0.4) is 0 Å². The lowest BCUT2D eigenvalue weighted by molar-refractivity contribution is -0.132. The Morgan fingerprint density at radius 2 is 1.40 bits per heavy atom. The van der Waals surface area contributed by atoms with Crippen LogP contribution < -0.4 is 15.4 Å². The van der Waals surface area contributed by atoms with Gasteiger partial charge in [-0.3, -0.25) is 14.4 Å². The molecule has 0 fully saturated rings. The Hall–Kier alpha value is -4.76. The summed E-state index contributed by atoms with van der Waals surface area (Å²) in [5.74, 6) is -2.06. The van der Waals surface area contributed by atoms with Gasteiger partial charge in [-0.15, -0.1) is 10.2 Å². The minimum absolute atomic E-state index is 0.0423. The first-order valence-corrected chi connectivity index (χ1v) is 18.5. The number of benzene rings is 3. The molecule has 278 valence electrons. The summed E-state index contributed by atoms with van der Waals surface area (Å²) in [4.78, 5) is 41.1. The maximum absolute atomic E-state index is 13.8. The summed E-state index contributed by atoms with van der Waals surface area (Å²) in [6.45, 7) is 9.19. The molecular weight excluding hydrogens is 687 g/mol. The second-order valence-corrected chi connectivity index (χ2v) is 14.9. The molecule has 0 saturated heterocycles. The SMILES string of the molecule is COCC(NC(=O)C(COCc1cc(C)cc(C)c1)NS(=O)(=O)c1ccc(C)cc1)C(=O)NC(CCC(C)C)C(=O)c1nnc(-c2ccccc2)o1. The molecule has 0 radical (unpaired) electrons. The fraction of sp³-hybridized carbons (Fsp3) is 0.395. The lowest BCUT2D eigenvalue weighted by Gasteiger charge is -2.25. The third-order valence-electron chi connectivity index (χ3n) is 8.07. The lowest BCUT2D eigenvalue weighted by Crippen LogP contribution is -2.58. The maximum Gasteiger partial charge on any atom is 0.286 e. The molecule has 0 bridgehead atoms. The largest absolute Gasteiger partial charge is 0.414 e. The van der Waals surface area contributed by atoms with Crippen LogP contribution in [0, 0.1) is 26.7 Å². The molecule has 52 heavy (non-hydrogen) atoms. The highest BCUT2D eigenvalue weighted by Crippen LogP contribution is 2.19. The molecule has 3 N–H and O–H groups in total. The van der Waals surface area contributed by atoms with Crippen LogP contribution in [-0.4, -0.2) is 74.7 Å². The number of carbonyl (C=O) groups excluding carboxylic acids is 3. The molecule has 1 aromatic heterocycles. The highest BCUT2D eigenvalue weighted by molar-refractivity contribution is 7.89. The number of ether oxygens (including phenoxy) is 2. The first-order valence-electron chi connectivity index (χ1n) is 17.0. The van der Waals surface area contributed by atoms with Gasteiger partial charge in [-0.05, 0) is 69.4 Å². The topological polar surface area (TPSA) is 179 Å². The minimum Gasteiger partial charge on any atom is -0.414 e. The van der Waals surface area contributed by atoms with Gasteiger partial charge in [0.2, 0.25) is 33.5 Å². The average Bonchev–Trinajstić information content (AvgIpc) is 3.60. The Balaban J connectivity index is 1.53. The molecule has 0 aliphatic rings. The van der Waals surface area contributed by atoms with Gasteiger partial charge < -0.3 is 24.5 Å². The third-order valence-corrected chi connectivity index (χ3v) is 9.56.